The minimum absolute atomic E-state index is 0.0623. The zero-order valence-corrected chi connectivity index (χ0v) is 17.7. The fraction of sp³-hybridized carbons (Fsp3) is 0.296. The summed E-state index contributed by atoms with van der Waals surface area (Å²) >= 11 is 0. The molecule has 149 valence electrons. The van der Waals surface area contributed by atoms with Gasteiger partial charge in [-0.3, -0.25) is 9.79 Å². The Morgan fingerprint density at radius 1 is 1.21 bits per heavy atom. The summed E-state index contributed by atoms with van der Waals surface area (Å²) in [5.41, 5.74) is 8.72. The number of hydrogen-bond acceptors (Lipinski definition) is 2. The third-order valence-electron chi connectivity index (χ3n) is 5.11. The smallest absolute Gasteiger partial charge is 0.159 e. The number of hydrogen-bond donors (Lipinski definition) is 0. The van der Waals surface area contributed by atoms with Crippen LogP contribution >= 0.6 is 0 Å². The van der Waals surface area contributed by atoms with Crippen molar-refractivity contribution in [3.05, 3.63) is 101 Å². The summed E-state index contributed by atoms with van der Waals surface area (Å²) in [5, 5.41) is 0. The van der Waals surface area contributed by atoms with Gasteiger partial charge in [0.1, 0.15) is 0 Å². The Hall–Kier alpha value is -2.96. The van der Waals surface area contributed by atoms with Gasteiger partial charge in [-0.25, -0.2) is 0 Å². The number of aryl methyl sites for hydroxylation is 1. The second kappa shape index (κ2) is 11.1. The monoisotopic (exact) mass is 384 g/mol. The molecule has 0 amide bonds. The molecule has 1 atom stereocenters. The number of ketones is 1. The molecule has 0 fully saturated rings. The SMILES string of the molecule is [CH]=C=CCC(CCC=C)c1ccc(C(=NCC)c2cc(C(C)=O)ccc2C)cc1. The molecule has 0 heterocycles. The first-order valence-corrected chi connectivity index (χ1v) is 10.2. The Labute approximate surface area is 175 Å². The molecular weight excluding hydrogens is 354 g/mol. The lowest BCUT2D eigenvalue weighted by molar-refractivity contribution is 0.101. The van der Waals surface area contributed by atoms with Gasteiger partial charge in [0.05, 0.1) is 5.71 Å². The van der Waals surface area contributed by atoms with E-state index in [0.717, 1.165) is 41.7 Å². The van der Waals surface area contributed by atoms with E-state index in [1.807, 2.05) is 37.3 Å². The number of nitrogens with zero attached hydrogens (tertiary/aromatic N) is 1. The Morgan fingerprint density at radius 3 is 2.48 bits per heavy atom. The summed E-state index contributed by atoms with van der Waals surface area (Å²) in [6, 6.07) is 14.4. The van der Waals surface area contributed by atoms with Crippen molar-refractivity contribution < 1.29 is 4.79 Å². The number of rotatable bonds is 10. The number of Topliss-reactive ketones (excluding diaryl/α,β-unsaturated/α-hetero) is 1. The molecule has 0 spiro atoms. The Bertz CT molecular complexity index is 928. The Kier molecular flexibility index (Phi) is 8.58. The summed E-state index contributed by atoms with van der Waals surface area (Å²) in [7, 11) is 0. The van der Waals surface area contributed by atoms with Crippen LogP contribution in [-0.2, 0) is 0 Å². The summed E-state index contributed by atoms with van der Waals surface area (Å²) in [6.07, 6.45) is 6.69. The lowest BCUT2D eigenvalue weighted by Gasteiger charge is -2.16. The van der Waals surface area contributed by atoms with E-state index < -0.39 is 0 Å². The molecule has 2 nitrogen and oxygen atoms in total. The minimum atomic E-state index is 0.0623. The molecule has 0 bridgehead atoms. The van der Waals surface area contributed by atoms with Crippen molar-refractivity contribution in [2.75, 3.05) is 6.54 Å². The van der Waals surface area contributed by atoms with Crippen molar-refractivity contribution in [1.29, 1.82) is 0 Å². The second-order valence-corrected chi connectivity index (χ2v) is 7.20. The molecule has 0 aliphatic rings. The second-order valence-electron chi connectivity index (χ2n) is 7.20. The van der Waals surface area contributed by atoms with Crippen LogP contribution in [0.3, 0.4) is 0 Å². The molecule has 0 aliphatic heterocycles. The lowest BCUT2D eigenvalue weighted by atomic mass is 9.89. The van der Waals surface area contributed by atoms with E-state index in [0.29, 0.717) is 18.0 Å². The van der Waals surface area contributed by atoms with Gasteiger partial charge >= 0.3 is 0 Å². The molecule has 0 N–H and O–H groups in total. The first-order valence-electron chi connectivity index (χ1n) is 10.2. The average Bonchev–Trinajstić information content (AvgIpc) is 2.73. The van der Waals surface area contributed by atoms with Crippen LogP contribution < -0.4 is 0 Å². The number of aliphatic imine (C=N–C) groups is 1. The van der Waals surface area contributed by atoms with E-state index in [4.69, 9.17) is 11.6 Å². The van der Waals surface area contributed by atoms with Crippen LogP contribution in [0.1, 0.15) is 71.6 Å². The van der Waals surface area contributed by atoms with Crippen molar-refractivity contribution in [3.8, 4) is 0 Å². The van der Waals surface area contributed by atoms with E-state index in [-0.39, 0.29) is 5.78 Å². The van der Waals surface area contributed by atoms with E-state index in [1.54, 1.807) is 6.92 Å². The van der Waals surface area contributed by atoms with Gasteiger partial charge < -0.3 is 0 Å². The predicted octanol–water partition coefficient (Wildman–Crippen LogP) is 6.64. The Morgan fingerprint density at radius 2 is 1.90 bits per heavy atom. The van der Waals surface area contributed by atoms with Crippen molar-refractivity contribution in [3.63, 3.8) is 0 Å². The van der Waals surface area contributed by atoms with Crippen LogP contribution in [-0.4, -0.2) is 18.0 Å². The standard InChI is InChI=1S/C27H30NO/c1-6-9-11-22(12-10-7-2)23-15-17-24(18-16-23)27(28-8-3)26-19-25(21(5)29)14-13-20(26)4/h1,7,9,13-19,22H,2,8,10-12H2,3-5H3. The fourth-order valence-corrected chi connectivity index (χ4v) is 3.45. The lowest BCUT2D eigenvalue weighted by Crippen LogP contribution is -2.09. The van der Waals surface area contributed by atoms with E-state index in [9.17, 15) is 4.79 Å². The molecule has 2 rings (SSSR count). The van der Waals surface area contributed by atoms with Gasteiger partial charge in [-0.2, -0.15) is 0 Å². The predicted molar refractivity (Wildman–Crippen MR) is 123 cm³/mol. The summed E-state index contributed by atoms with van der Waals surface area (Å²) in [4.78, 5) is 16.6. The molecule has 0 saturated heterocycles. The molecule has 2 heteroatoms. The topological polar surface area (TPSA) is 29.4 Å². The zero-order valence-electron chi connectivity index (χ0n) is 17.7. The highest BCUT2D eigenvalue weighted by molar-refractivity contribution is 6.14. The maximum absolute atomic E-state index is 11.9. The largest absolute Gasteiger partial charge is 0.295 e. The first kappa shape index (κ1) is 22.3. The van der Waals surface area contributed by atoms with Crippen LogP contribution in [0.2, 0.25) is 0 Å². The van der Waals surface area contributed by atoms with Crippen molar-refractivity contribution in [1.82, 2.24) is 0 Å². The van der Waals surface area contributed by atoms with Crippen LogP contribution in [0, 0.1) is 13.5 Å². The maximum atomic E-state index is 11.9. The van der Waals surface area contributed by atoms with Crippen LogP contribution in [0.5, 0.6) is 0 Å². The average molecular weight is 385 g/mol. The molecule has 0 aromatic heterocycles. The van der Waals surface area contributed by atoms with E-state index in [2.05, 4.69) is 43.5 Å². The number of benzene rings is 2. The molecule has 1 unspecified atom stereocenters. The van der Waals surface area contributed by atoms with Crippen molar-refractivity contribution in [2.45, 2.75) is 46.0 Å². The molecular formula is C27H30NO. The molecule has 29 heavy (non-hydrogen) atoms. The molecule has 1 radical (unpaired) electrons. The van der Waals surface area contributed by atoms with Crippen LogP contribution in [0.4, 0.5) is 0 Å². The van der Waals surface area contributed by atoms with Crippen LogP contribution in [0.15, 0.2) is 71.9 Å². The van der Waals surface area contributed by atoms with Gasteiger partial charge in [-0.1, -0.05) is 42.5 Å². The summed E-state index contributed by atoms with van der Waals surface area (Å²) in [5.74, 6) is 0.444. The Balaban J connectivity index is 2.42. The number of carbonyl (C=O) groups is 1. The third-order valence-corrected chi connectivity index (χ3v) is 5.11. The minimum Gasteiger partial charge on any atom is -0.295 e. The van der Waals surface area contributed by atoms with E-state index >= 15 is 0 Å². The number of allylic oxidation sites excluding steroid dienone is 2. The fourth-order valence-electron chi connectivity index (χ4n) is 3.45. The molecule has 0 aliphatic carbocycles. The maximum Gasteiger partial charge on any atom is 0.159 e. The van der Waals surface area contributed by atoms with Gasteiger partial charge in [-0.15, -0.1) is 12.3 Å². The van der Waals surface area contributed by atoms with Gasteiger partial charge in [0.2, 0.25) is 0 Å². The van der Waals surface area contributed by atoms with Crippen molar-refractivity contribution in [2.24, 2.45) is 4.99 Å². The van der Waals surface area contributed by atoms with Gasteiger partial charge in [-0.05, 0) is 75.8 Å². The summed E-state index contributed by atoms with van der Waals surface area (Å²) < 4.78 is 0. The van der Waals surface area contributed by atoms with Gasteiger partial charge in [0.15, 0.2) is 5.78 Å². The third kappa shape index (κ3) is 6.01. The number of carbonyl (C=O) groups excluding carboxylic acids is 1. The normalized spacial score (nSPS) is 12.2. The first-order chi connectivity index (χ1) is 14.0. The van der Waals surface area contributed by atoms with Gasteiger partial charge in [0, 0.05) is 23.2 Å². The zero-order chi connectivity index (χ0) is 21.2. The summed E-state index contributed by atoms with van der Waals surface area (Å²) in [6.45, 7) is 15.6. The molecule has 2 aromatic carbocycles. The van der Waals surface area contributed by atoms with Gasteiger partial charge in [0.25, 0.3) is 0 Å². The molecule has 2 aromatic rings. The highest BCUT2D eigenvalue weighted by Crippen LogP contribution is 2.27. The quantitative estimate of drug-likeness (QED) is 0.195. The van der Waals surface area contributed by atoms with Crippen LogP contribution in [0.25, 0.3) is 0 Å². The van der Waals surface area contributed by atoms with Crippen molar-refractivity contribution >= 4 is 11.5 Å². The highest BCUT2D eigenvalue weighted by atomic mass is 16.1. The van der Waals surface area contributed by atoms with E-state index in [1.165, 1.54) is 5.56 Å². The molecule has 0 saturated carbocycles. The highest BCUT2D eigenvalue weighted by Gasteiger charge is 2.14.